The van der Waals surface area contributed by atoms with Crippen molar-refractivity contribution in [2.75, 3.05) is 10.6 Å². The van der Waals surface area contributed by atoms with E-state index in [4.69, 9.17) is 27.9 Å². The average Bonchev–Trinajstić information content (AvgIpc) is 3.17. The van der Waals surface area contributed by atoms with Crippen LogP contribution in [0.3, 0.4) is 0 Å². The summed E-state index contributed by atoms with van der Waals surface area (Å²) in [6.07, 6.45) is -1.82. The molecule has 3 aromatic rings. The number of amides is 2. The van der Waals surface area contributed by atoms with Crippen molar-refractivity contribution >= 4 is 46.6 Å². The molecular formula is C31H30Cl2F2N4O3. The van der Waals surface area contributed by atoms with Crippen LogP contribution in [0.15, 0.2) is 60.7 Å². The van der Waals surface area contributed by atoms with Gasteiger partial charge in [0.05, 0.1) is 17.0 Å². The molecule has 4 atom stereocenters. The Bertz CT molecular complexity index is 1540. The second-order valence-electron chi connectivity index (χ2n) is 11.4. The molecule has 0 bridgehead atoms. The van der Waals surface area contributed by atoms with E-state index in [2.05, 4.69) is 22.0 Å². The minimum absolute atomic E-state index is 0.0133. The highest BCUT2D eigenvalue weighted by Crippen LogP contribution is 2.53. The molecule has 2 amide bonds. The van der Waals surface area contributed by atoms with Crippen molar-refractivity contribution in [1.82, 2.24) is 5.32 Å². The molecule has 1 fully saturated rings. The second-order valence-corrected chi connectivity index (χ2v) is 12.3. The third kappa shape index (κ3) is 6.51. The lowest BCUT2D eigenvalue weighted by Gasteiger charge is -2.37. The molecular weight excluding hydrogens is 585 g/mol. The molecule has 1 heterocycles. The van der Waals surface area contributed by atoms with Gasteiger partial charge in [0, 0.05) is 34.9 Å². The second kappa shape index (κ2) is 12.3. The van der Waals surface area contributed by atoms with Crippen molar-refractivity contribution in [3.8, 4) is 6.07 Å². The van der Waals surface area contributed by atoms with Gasteiger partial charge in [0.25, 0.3) is 0 Å². The van der Waals surface area contributed by atoms with Gasteiger partial charge < -0.3 is 10.1 Å². The zero-order valence-electron chi connectivity index (χ0n) is 23.4. The standard InChI is InChI=1S/C31H30Cl2F2N4O3/c1-17(40)37-19-9-11-20(12-10-19)38-29(41)42-28-26(21-6-5-7-23(33)27(21)35)31(16-36,25(39-28)15-30(2,3)4)22-13-8-18(32)14-24(22)34/h5-14,25-26,28,39H,15H2,1-4H3,(H,37,40)(H,38,41)/t25-,26-,28+,31-/m0/s1. The Hall–Kier alpha value is -3.71. The van der Waals surface area contributed by atoms with E-state index >= 15 is 8.78 Å². The third-order valence-electron chi connectivity index (χ3n) is 7.09. The van der Waals surface area contributed by atoms with Crippen LogP contribution in [-0.2, 0) is 14.9 Å². The fraction of sp³-hybridized carbons (Fsp3) is 0.323. The minimum atomic E-state index is -1.74. The molecule has 1 aliphatic heterocycles. The normalized spacial score (nSPS) is 21.8. The first kappa shape index (κ1) is 31.2. The molecule has 220 valence electrons. The maximum absolute atomic E-state index is 15.7. The summed E-state index contributed by atoms with van der Waals surface area (Å²) in [7, 11) is 0. The van der Waals surface area contributed by atoms with E-state index in [9.17, 15) is 14.9 Å². The largest absolute Gasteiger partial charge is 0.429 e. The van der Waals surface area contributed by atoms with Crippen LogP contribution in [0.1, 0.15) is 51.2 Å². The van der Waals surface area contributed by atoms with Crippen LogP contribution in [0.5, 0.6) is 0 Å². The third-order valence-corrected chi connectivity index (χ3v) is 7.62. The van der Waals surface area contributed by atoms with Crippen molar-refractivity contribution in [3.05, 3.63) is 93.5 Å². The zero-order chi connectivity index (χ0) is 30.8. The van der Waals surface area contributed by atoms with Crippen LogP contribution < -0.4 is 16.0 Å². The molecule has 0 aromatic heterocycles. The maximum Gasteiger partial charge on any atom is 0.413 e. The first-order chi connectivity index (χ1) is 19.7. The van der Waals surface area contributed by atoms with Gasteiger partial charge in [0.2, 0.25) is 5.91 Å². The Balaban J connectivity index is 1.80. The van der Waals surface area contributed by atoms with E-state index in [1.165, 1.54) is 37.3 Å². The zero-order valence-corrected chi connectivity index (χ0v) is 24.9. The molecule has 7 nitrogen and oxygen atoms in total. The lowest BCUT2D eigenvalue weighted by molar-refractivity contribution is -0.114. The molecule has 0 saturated carbocycles. The van der Waals surface area contributed by atoms with E-state index < -0.39 is 41.3 Å². The van der Waals surface area contributed by atoms with E-state index in [-0.39, 0.29) is 32.5 Å². The van der Waals surface area contributed by atoms with Crippen LogP contribution in [0.25, 0.3) is 0 Å². The fourth-order valence-electron chi connectivity index (χ4n) is 5.48. The molecule has 0 unspecified atom stereocenters. The number of benzene rings is 3. The number of ether oxygens (including phenoxy) is 1. The predicted octanol–water partition coefficient (Wildman–Crippen LogP) is 7.76. The van der Waals surface area contributed by atoms with Gasteiger partial charge in [0.1, 0.15) is 17.0 Å². The number of carbonyl (C=O) groups excluding carboxylic acids is 2. The number of nitrogens with one attached hydrogen (secondary N) is 3. The first-order valence-corrected chi connectivity index (χ1v) is 13.9. The number of nitriles is 1. The van der Waals surface area contributed by atoms with Crippen LogP contribution in [0.2, 0.25) is 10.0 Å². The van der Waals surface area contributed by atoms with Crippen molar-refractivity contribution in [2.24, 2.45) is 5.41 Å². The number of hydrogen-bond acceptors (Lipinski definition) is 5. The lowest BCUT2D eigenvalue weighted by Crippen LogP contribution is -2.44. The van der Waals surface area contributed by atoms with E-state index in [1.54, 1.807) is 24.3 Å². The predicted molar refractivity (Wildman–Crippen MR) is 158 cm³/mol. The molecule has 0 radical (unpaired) electrons. The summed E-state index contributed by atoms with van der Waals surface area (Å²) in [6, 6.07) is 16.1. The van der Waals surface area contributed by atoms with E-state index in [0.717, 1.165) is 6.07 Å². The van der Waals surface area contributed by atoms with E-state index in [0.29, 0.717) is 17.8 Å². The SMILES string of the molecule is CC(=O)Nc1ccc(NC(=O)O[C@H]2N[C@@H](CC(C)(C)C)[C@](C#N)(c3ccc(Cl)cc3F)[C@H]2c2cccc(Cl)c2F)cc1. The lowest BCUT2D eigenvalue weighted by atomic mass is 9.63. The molecule has 1 saturated heterocycles. The summed E-state index contributed by atoms with van der Waals surface area (Å²) < 4.78 is 37.2. The molecule has 42 heavy (non-hydrogen) atoms. The number of halogens is 4. The van der Waals surface area contributed by atoms with Gasteiger partial charge in [-0.05, 0) is 59.9 Å². The molecule has 0 aliphatic carbocycles. The number of carbonyl (C=O) groups is 2. The minimum Gasteiger partial charge on any atom is -0.429 e. The summed E-state index contributed by atoms with van der Waals surface area (Å²) in [5.41, 5.74) is -1.24. The molecule has 0 spiro atoms. The van der Waals surface area contributed by atoms with Gasteiger partial charge in [-0.2, -0.15) is 5.26 Å². The maximum atomic E-state index is 15.7. The monoisotopic (exact) mass is 614 g/mol. The highest BCUT2D eigenvalue weighted by Gasteiger charge is 2.61. The summed E-state index contributed by atoms with van der Waals surface area (Å²) in [6.45, 7) is 7.24. The van der Waals surface area contributed by atoms with Crippen LogP contribution in [-0.4, -0.2) is 24.3 Å². The Morgan fingerprint density at radius 2 is 1.69 bits per heavy atom. The number of rotatable bonds is 6. The number of anilines is 2. The van der Waals surface area contributed by atoms with Crippen LogP contribution >= 0.6 is 23.2 Å². The van der Waals surface area contributed by atoms with Crippen LogP contribution in [0, 0.1) is 28.4 Å². The molecule has 3 N–H and O–H groups in total. The van der Waals surface area contributed by atoms with Gasteiger partial charge in [-0.1, -0.05) is 62.2 Å². The summed E-state index contributed by atoms with van der Waals surface area (Å²) >= 11 is 12.2. The van der Waals surface area contributed by atoms with E-state index in [1.807, 2.05) is 20.8 Å². The van der Waals surface area contributed by atoms with Crippen molar-refractivity contribution in [2.45, 2.75) is 57.7 Å². The van der Waals surface area contributed by atoms with Gasteiger partial charge in [-0.25, -0.2) is 13.6 Å². The quantitative estimate of drug-likeness (QED) is 0.263. The first-order valence-electron chi connectivity index (χ1n) is 13.2. The number of hydrogen-bond donors (Lipinski definition) is 3. The van der Waals surface area contributed by atoms with Gasteiger partial charge in [-0.3, -0.25) is 15.4 Å². The van der Waals surface area contributed by atoms with Crippen molar-refractivity contribution < 1.29 is 23.1 Å². The molecule has 11 heteroatoms. The Labute approximate surface area is 253 Å². The summed E-state index contributed by atoms with van der Waals surface area (Å²) in [5, 5.41) is 19.2. The summed E-state index contributed by atoms with van der Waals surface area (Å²) in [5.74, 6) is -3.01. The number of nitrogens with zero attached hydrogens (tertiary/aromatic N) is 1. The molecule has 1 aliphatic rings. The van der Waals surface area contributed by atoms with Crippen LogP contribution in [0.4, 0.5) is 25.0 Å². The van der Waals surface area contributed by atoms with Gasteiger partial charge in [-0.15, -0.1) is 0 Å². The molecule has 3 aromatic carbocycles. The fourth-order valence-corrected chi connectivity index (χ4v) is 5.82. The Morgan fingerprint density at radius 3 is 2.26 bits per heavy atom. The highest BCUT2D eigenvalue weighted by atomic mass is 35.5. The highest BCUT2D eigenvalue weighted by molar-refractivity contribution is 6.31. The van der Waals surface area contributed by atoms with Gasteiger partial charge in [0.15, 0.2) is 6.23 Å². The molecule has 4 rings (SSSR count). The van der Waals surface area contributed by atoms with Crippen molar-refractivity contribution in [3.63, 3.8) is 0 Å². The smallest absolute Gasteiger partial charge is 0.413 e. The topological polar surface area (TPSA) is 103 Å². The average molecular weight is 616 g/mol. The van der Waals surface area contributed by atoms with Crippen molar-refractivity contribution in [1.29, 1.82) is 5.26 Å². The summed E-state index contributed by atoms with van der Waals surface area (Å²) in [4.78, 5) is 24.5. The Morgan fingerprint density at radius 1 is 1.05 bits per heavy atom. The Kier molecular flexibility index (Phi) is 9.12. The van der Waals surface area contributed by atoms with Gasteiger partial charge >= 0.3 is 6.09 Å².